The topological polar surface area (TPSA) is 83.0 Å². The van der Waals surface area contributed by atoms with Crippen LogP contribution in [0, 0.1) is 0 Å². The Morgan fingerprint density at radius 1 is 1.45 bits per heavy atom. The molecule has 0 radical (unpaired) electrons. The summed E-state index contributed by atoms with van der Waals surface area (Å²) in [7, 11) is 0. The van der Waals surface area contributed by atoms with Gasteiger partial charge in [-0.2, -0.15) is 5.10 Å². The maximum Gasteiger partial charge on any atom is 0.225 e. The average molecular weight is 321 g/mol. The van der Waals surface area contributed by atoms with Crippen LogP contribution in [-0.4, -0.2) is 33.9 Å². The van der Waals surface area contributed by atoms with Crippen LogP contribution in [0.1, 0.15) is 29.6 Å². The molecule has 1 aromatic heterocycles. The number of carbonyl (C=O) groups excluding carboxylic acids is 1. The van der Waals surface area contributed by atoms with Crippen molar-refractivity contribution >= 4 is 17.5 Å². The van der Waals surface area contributed by atoms with Crippen molar-refractivity contribution in [3.05, 3.63) is 46.5 Å². The number of ether oxygens (including phenoxy) is 1. The largest absolute Gasteiger partial charge is 0.381 e. The molecule has 1 fully saturated rings. The Morgan fingerprint density at radius 2 is 2.27 bits per heavy atom. The molecule has 116 valence electrons. The molecule has 1 aromatic carbocycles. The van der Waals surface area contributed by atoms with E-state index in [1.807, 2.05) is 24.3 Å². The van der Waals surface area contributed by atoms with Crippen molar-refractivity contribution in [3.63, 3.8) is 0 Å². The van der Waals surface area contributed by atoms with E-state index in [0.717, 1.165) is 24.4 Å². The molecule has 2 N–H and O–H groups in total. The molecule has 1 amide bonds. The van der Waals surface area contributed by atoms with Crippen molar-refractivity contribution < 1.29 is 9.53 Å². The zero-order valence-electron chi connectivity index (χ0n) is 12.0. The minimum absolute atomic E-state index is 0.0378. The van der Waals surface area contributed by atoms with Gasteiger partial charge < -0.3 is 10.5 Å². The number of primary amides is 1. The summed E-state index contributed by atoms with van der Waals surface area (Å²) in [4.78, 5) is 15.6. The molecule has 7 heteroatoms. The average Bonchev–Trinajstić information content (AvgIpc) is 3.10. The summed E-state index contributed by atoms with van der Waals surface area (Å²) in [6.07, 6.45) is 0.938. The van der Waals surface area contributed by atoms with Crippen molar-refractivity contribution in [3.8, 4) is 0 Å². The van der Waals surface area contributed by atoms with Crippen LogP contribution in [0.3, 0.4) is 0 Å². The molecular weight excluding hydrogens is 304 g/mol. The van der Waals surface area contributed by atoms with Gasteiger partial charge in [0.15, 0.2) is 5.82 Å². The first-order valence-corrected chi connectivity index (χ1v) is 7.54. The molecular formula is C15H17ClN4O2. The summed E-state index contributed by atoms with van der Waals surface area (Å²) in [6.45, 7) is 1.85. The fourth-order valence-electron chi connectivity index (χ4n) is 2.58. The van der Waals surface area contributed by atoms with E-state index in [9.17, 15) is 4.79 Å². The van der Waals surface area contributed by atoms with Gasteiger partial charge in [0.1, 0.15) is 5.82 Å². The number of carbonyl (C=O) groups is 1. The maximum atomic E-state index is 11.1. The lowest BCUT2D eigenvalue weighted by molar-refractivity contribution is -0.117. The second-order valence-electron chi connectivity index (χ2n) is 5.34. The maximum absolute atomic E-state index is 11.1. The van der Waals surface area contributed by atoms with Gasteiger partial charge in [0.05, 0.1) is 19.6 Å². The first-order valence-electron chi connectivity index (χ1n) is 7.16. The van der Waals surface area contributed by atoms with Crippen LogP contribution < -0.4 is 5.73 Å². The molecule has 1 saturated heterocycles. The number of benzene rings is 1. The third kappa shape index (κ3) is 3.28. The number of halogens is 1. The normalized spacial score (nSPS) is 17.8. The van der Waals surface area contributed by atoms with Gasteiger partial charge in [0, 0.05) is 17.5 Å². The van der Waals surface area contributed by atoms with Crippen LogP contribution in [-0.2, 0) is 22.5 Å². The predicted molar refractivity (Wildman–Crippen MR) is 81.7 cm³/mol. The van der Waals surface area contributed by atoms with E-state index in [0.29, 0.717) is 24.0 Å². The fourth-order valence-corrected chi connectivity index (χ4v) is 2.77. The van der Waals surface area contributed by atoms with E-state index in [2.05, 4.69) is 10.1 Å². The van der Waals surface area contributed by atoms with Crippen LogP contribution in [0.5, 0.6) is 0 Å². The molecule has 3 rings (SSSR count). The highest BCUT2D eigenvalue weighted by Gasteiger charge is 2.25. The van der Waals surface area contributed by atoms with E-state index in [1.165, 1.54) is 0 Å². The van der Waals surface area contributed by atoms with E-state index in [1.54, 1.807) is 4.68 Å². The summed E-state index contributed by atoms with van der Waals surface area (Å²) in [6, 6.07) is 7.61. The number of hydrogen-bond donors (Lipinski definition) is 1. The summed E-state index contributed by atoms with van der Waals surface area (Å²) < 4.78 is 7.24. The summed E-state index contributed by atoms with van der Waals surface area (Å²) >= 11 is 6.22. The van der Waals surface area contributed by atoms with Crippen LogP contribution in [0.15, 0.2) is 24.3 Å². The number of nitrogens with two attached hydrogens (primary N) is 1. The molecule has 2 aromatic rings. The third-order valence-electron chi connectivity index (χ3n) is 3.65. The SMILES string of the molecule is NC(=O)Cc1nc(C2CCOC2)n(Cc2ccccc2Cl)n1. The van der Waals surface area contributed by atoms with Crippen LogP contribution in [0.2, 0.25) is 5.02 Å². The van der Waals surface area contributed by atoms with Gasteiger partial charge in [-0.1, -0.05) is 29.8 Å². The van der Waals surface area contributed by atoms with Crippen molar-refractivity contribution in [2.75, 3.05) is 13.2 Å². The Morgan fingerprint density at radius 3 is 2.95 bits per heavy atom. The summed E-state index contributed by atoms with van der Waals surface area (Å²) in [5.41, 5.74) is 6.20. The molecule has 1 aliphatic rings. The van der Waals surface area contributed by atoms with Gasteiger partial charge in [0.25, 0.3) is 0 Å². The van der Waals surface area contributed by atoms with Gasteiger partial charge in [-0.05, 0) is 18.1 Å². The van der Waals surface area contributed by atoms with E-state index < -0.39 is 5.91 Å². The summed E-state index contributed by atoms with van der Waals surface area (Å²) in [5.74, 6) is 1.02. The van der Waals surface area contributed by atoms with E-state index in [4.69, 9.17) is 22.1 Å². The molecule has 2 heterocycles. The van der Waals surface area contributed by atoms with Gasteiger partial charge in [-0.25, -0.2) is 9.67 Å². The Hall–Kier alpha value is -1.92. The number of nitrogens with zero attached hydrogens (tertiary/aromatic N) is 3. The fraction of sp³-hybridized carbons (Fsp3) is 0.400. The van der Waals surface area contributed by atoms with Crippen LogP contribution >= 0.6 is 11.6 Å². The third-order valence-corrected chi connectivity index (χ3v) is 4.02. The number of hydrogen-bond acceptors (Lipinski definition) is 4. The molecule has 0 saturated carbocycles. The zero-order chi connectivity index (χ0) is 15.5. The molecule has 0 aliphatic carbocycles. The van der Waals surface area contributed by atoms with Crippen molar-refractivity contribution in [1.82, 2.24) is 14.8 Å². The molecule has 1 aliphatic heterocycles. The second kappa shape index (κ2) is 6.46. The van der Waals surface area contributed by atoms with Crippen molar-refractivity contribution in [2.45, 2.75) is 25.3 Å². The smallest absolute Gasteiger partial charge is 0.225 e. The Balaban J connectivity index is 1.91. The monoisotopic (exact) mass is 320 g/mol. The van der Waals surface area contributed by atoms with Crippen LogP contribution in [0.4, 0.5) is 0 Å². The molecule has 1 atom stereocenters. The number of amides is 1. The van der Waals surface area contributed by atoms with Crippen molar-refractivity contribution in [2.24, 2.45) is 5.73 Å². The Bertz CT molecular complexity index is 680. The molecule has 6 nitrogen and oxygen atoms in total. The van der Waals surface area contributed by atoms with E-state index in [-0.39, 0.29) is 12.3 Å². The number of aromatic nitrogens is 3. The Kier molecular flexibility index (Phi) is 4.40. The highest BCUT2D eigenvalue weighted by molar-refractivity contribution is 6.31. The first kappa shape index (κ1) is 15.0. The zero-order valence-corrected chi connectivity index (χ0v) is 12.8. The summed E-state index contributed by atoms with van der Waals surface area (Å²) in [5, 5.41) is 5.11. The molecule has 22 heavy (non-hydrogen) atoms. The van der Waals surface area contributed by atoms with E-state index >= 15 is 0 Å². The predicted octanol–water partition coefficient (Wildman–Crippen LogP) is 1.51. The van der Waals surface area contributed by atoms with Crippen molar-refractivity contribution in [1.29, 1.82) is 0 Å². The minimum Gasteiger partial charge on any atom is -0.381 e. The molecule has 1 unspecified atom stereocenters. The van der Waals surface area contributed by atoms with Gasteiger partial charge >= 0.3 is 0 Å². The standard InChI is InChI=1S/C15H17ClN4O2/c16-12-4-2-1-3-10(12)8-20-15(11-5-6-22-9-11)18-14(19-20)7-13(17)21/h1-4,11H,5-9H2,(H2,17,21). The van der Waals surface area contributed by atoms with Gasteiger partial charge in [-0.15, -0.1) is 0 Å². The highest BCUT2D eigenvalue weighted by Crippen LogP contribution is 2.25. The van der Waals surface area contributed by atoms with Gasteiger partial charge in [-0.3, -0.25) is 4.79 Å². The minimum atomic E-state index is -0.441. The molecule has 0 spiro atoms. The molecule has 0 bridgehead atoms. The lowest BCUT2D eigenvalue weighted by atomic mass is 10.1. The first-order chi connectivity index (χ1) is 10.6. The Labute approximate surface area is 133 Å². The highest BCUT2D eigenvalue weighted by atomic mass is 35.5. The quantitative estimate of drug-likeness (QED) is 0.905. The lowest BCUT2D eigenvalue weighted by Crippen LogP contribution is -2.15. The van der Waals surface area contributed by atoms with Gasteiger partial charge in [0.2, 0.25) is 5.91 Å². The second-order valence-corrected chi connectivity index (χ2v) is 5.75. The number of rotatable bonds is 5. The lowest BCUT2D eigenvalue weighted by Gasteiger charge is -2.10. The van der Waals surface area contributed by atoms with Crippen LogP contribution in [0.25, 0.3) is 0 Å².